The van der Waals surface area contributed by atoms with Crippen molar-refractivity contribution >= 4 is 37.9 Å². The topological polar surface area (TPSA) is 175 Å². The first kappa shape index (κ1) is 65.4. The predicted octanol–water partition coefficient (Wildman–Crippen LogP) is 15.4. The molecule has 0 aliphatic carbocycles. The Morgan fingerprint density at radius 2 is 0.955 bits per heavy atom. The van der Waals surface area contributed by atoms with Crippen molar-refractivity contribution in [1.82, 2.24) is 0 Å². The fraction of sp³-hybridized carbons (Fsp3) is 0.304. The van der Waals surface area contributed by atoms with Gasteiger partial charge >= 0.3 is 0 Å². The molecule has 4 aliphatic rings. The third-order valence-corrected chi connectivity index (χ3v) is 19.6. The molecule has 15 atom stereocenters. The van der Waals surface area contributed by atoms with Crippen LogP contribution in [-0.2, 0) is 48.6 Å². The molecular formula is C69H70Mo2O13P4-2. The van der Waals surface area contributed by atoms with E-state index in [9.17, 15) is 25.5 Å². The molecular weight excluding hydrogens is 1350 g/mol. The number of benzene rings is 8. The third-order valence-electron chi connectivity index (χ3n) is 18.6. The fourth-order valence-electron chi connectivity index (χ4n) is 13.8. The molecule has 0 fully saturated rings. The van der Waals surface area contributed by atoms with Crippen molar-refractivity contribution in [3.63, 3.8) is 0 Å². The van der Waals surface area contributed by atoms with E-state index in [1.807, 2.05) is 13.0 Å². The zero-order valence-corrected chi connectivity index (χ0v) is 58.6. The molecule has 0 saturated carbocycles. The molecule has 0 aromatic heterocycles. The largest absolute Gasteiger partial charge is 0.543 e. The van der Waals surface area contributed by atoms with Crippen LogP contribution in [0.4, 0.5) is 0 Å². The standard InChI is InChI=1S/C69H70O13P4.2Mo/c1-30-10-14-39(22-34(30)5)63-36(7)24-46-32(3)12-18-44(67(46)76-63)56-37(8)64(40-15-11-31(2)35(6)23-40)77-68-45(19-13-33(4)55(56)68)57-38(9)65(41-16-20-47(70)48(71)25-41)78-69-58(57)49(72)29-50(73)59(69)61-60-53(27-43(79-83)28-54(60)82-86)75-66(62(61)74)42-17-21-51(80-84)52(26-42)81-85;;/h10-17,20-23,25-29,36-38,56-57,61-66,70-74H,24,83-86H2,1-9H3;;/q-2;;. The van der Waals surface area contributed by atoms with Crippen LogP contribution in [0.2, 0.25) is 0 Å². The first-order chi connectivity index (χ1) is 41.2. The Hall–Kier alpha value is -5.58. The number of fused-ring (bicyclic) bond motifs is 4. The molecule has 4 heterocycles. The summed E-state index contributed by atoms with van der Waals surface area (Å²) in [5.41, 5.74) is 14.1. The van der Waals surface area contributed by atoms with Crippen LogP contribution in [0, 0.1) is 71.4 Å². The zero-order valence-electron chi connectivity index (χ0n) is 50.0. The number of phenols is 4. The second kappa shape index (κ2) is 26.0. The number of hydrogen-bond acceptors (Lipinski definition) is 13. The number of aliphatic hydroxyl groups is 1. The molecule has 88 heavy (non-hydrogen) atoms. The fourth-order valence-corrected chi connectivity index (χ4v) is 14.5. The van der Waals surface area contributed by atoms with E-state index in [1.54, 1.807) is 36.4 Å². The van der Waals surface area contributed by atoms with E-state index >= 15 is 0 Å². The first-order valence-corrected chi connectivity index (χ1v) is 30.6. The predicted molar refractivity (Wildman–Crippen MR) is 342 cm³/mol. The van der Waals surface area contributed by atoms with Crippen LogP contribution in [0.25, 0.3) is 0 Å². The van der Waals surface area contributed by atoms with E-state index in [4.69, 9.17) is 37.0 Å². The number of hydrogen-bond donors (Lipinski definition) is 5. The van der Waals surface area contributed by atoms with Crippen molar-refractivity contribution in [1.29, 1.82) is 0 Å². The monoisotopic (exact) mass is 1430 g/mol. The number of aromatic hydroxyl groups is 4. The van der Waals surface area contributed by atoms with Gasteiger partial charge in [0.25, 0.3) is 0 Å². The van der Waals surface area contributed by atoms with E-state index in [0.29, 0.717) is 45.3 Å². The SMILES string of the molecule is Cc1ccc(C2Oc3c(C4c5c(C)c[c-]c(C6c7c(O)cc(O)c(C8c9c(OP)cc(OP)cc9OC(c9ccc(OP)c(OP)c9)C8O)c7OC(c7ccc(O)c(O)c7)C6C)c5OC(c5ccc(C)c(C)c5)C4C)[c-]cc(C)c3CC2C)cc1C.[Mo].[Mo]. The summed E-state index contributed by atoms with van der Waals surface area (Å²) in [5.74, 6) is -1.40. The maximum absolute atomic E-state index is 13.2. The van der Waals surface area contributed by atoms with Gasteiger partial charge in [0, 0.05) is 106 Å². The number of aliphatic hydroxyl groups excluding tert-OH is 1. The van der Waals surface area contributed by atoms with Gasteiger partial charge < -0.3 is 62.6 Å². The van der Waals surface area contributed by atoms with Crippen LogP contribution in [0.1, 0.15) is 158 Å². The van der Waals surface area contributed by atoms with Gasteiger partial charge in [0.2, 0.25) is 0 Å². The number of rotatable bonds is 11. The second-order valence-corrected chi connectivity index (χ2v) is 24.8. The molecule has 19 heteroatoms. The molecule has 0 saturated heterocycles. The summed E-state index contributed by atoms with van der Waals surface area (Å²) in [7, 11) is 8.92. The van der Waals surface area contributed by atoms with Crippen LogP contribution in [0.3, 0.4) is 0 Å². The summed E-state index contributed by atoms with van der Waals surface area (Å²) in [6, 6.07) is 38.9. The van der Waals surface area contributed by atoms with Gasteiger partial charge in [-0.15, -0.1) is 22.3 Å². The van der Waals surface area contributed by atoms with E-state index < -0.39 is 47.9 Å². The normalized spacial score (nSPS) is 23.1. The van der Waals surface area contributed by atoms with Gasteiger partial charge in [-0.2, -0.15) is 35.4 Å². The quantitative estimate of drug-likeness (QED) is 0.0358. The molecule has 4 aliphatic heterocycles. The Morgan fingerprint density at radius 1 is 0.432 bits per heavy atom. The second-order valence-electron chi connectivity index (χ2n) is 23.8. The molecule has 0 radical (unpaired) electrons. The Balaban J connectivity index is 0.00000428. The first-order valence-electron chi connectivity index (χ1n) is 28.7. The van der Waals surface area contributed by atoms with Crippen molar-refractivity contribution in [2.24, 2.45) is 17.8 Å². The smallest absolute Gasteiger partial charge is 0.165 e. The van der Waals surface area contributed by atoms with Crippen molar-refractivity contribution in [2.75, 3.05) is 0 Å². The molecule has 13 nitrogen and oxygen atoms in total. The van der Waals surface area contributed by atoms with Crippen LogP contribution in [-0.4, -0.2) is 31.6 Å². The van der Waals surface area contributed by atoms with Gasteiger partial charge in [0.05, 0.1) is 43.8 Å². The van der Waals surface area contributed by atoms with Crippen LogP contribution in [0.15, 0.2) is 103 Å². The van der Waals surface area contributed by atoms with Crippen LogP contribution < -0.4 is 37.0 Å². The number of phenolic OH excluding ortho intramolecular Hbond substituents is 4. The number of ether oxygens (including phenoxy) is 4. The third kappa shape index (κ3) is 11.2. The molecule has 0 spiro atoms. The molecule has 458 valence electrons. The van der Waals surface area contributed by atoms with Crippen LogP contribution >= 0.6 is 37.9 Å². The summed E-state index contributed by atoms with van der Waals surface area (Å²) in [6.07, 6.45) is -3.52. The van der Waals surface area contributed by atoms with Crippen molar-refractivity contribution in [3.05, 3.63) is 210 Å². The average molecular weight is 1420 g/mol. The van der Waals surface area contributed by atoms with Gasteiger partial charge in [0.1, 0.15) is 58.9 Å². The summed E-state index contributed by atoms with van der Waals surface area (Å²) in [6.45, 7) is 19.2. The Kier molecular flexibility index (Phi) is 19.3. The molecule has 8 aromatic carbocycles. The van der Waals surface area contributed by atoms with Gasteiger partial charge in [-0.3, -0.25) is 0 Å². The van der Waals surface area contributed by atoms with Gasteiger partial charge in [-0.25, -0.2) is 0 Å². The molecule has 8 aromatic rings. The molecule has 12 rings (SSSR count). The average Bonchev–Trinajstić information content (AvgIpc) is 0.757. The van der Waals surface area contributed by atoms with E-state index in [-0.39, 0.29) is 112 Å². The minimum atomic E-state index is -1.50. The summed E-state index contributed by atoms with van der Waals surface area (Å²) in [4.78, 5) is 0. The van der Waals surface area contributed by atoms with E-state index in [1.165, 1.54) is 29.3 Å². The maximum atomic E-state index is 13.2. The maximum Gasteiger partial charge on any atom is 0.165 e. The van der Waals surface area contributed by atoms with Crippen molar-refractivity contribution in [2.45, 2.75) is 117 Å². The Bertz CT molecular complexity index is 4010. The van der Waals surface area contributed by atoms with E-state index in [2.05, 4.69) is 148 Å². The zero-order chi connectivity index (χ0) is 60.9. The van der Waals surface area contributed by atoms with Gasteiger partial charge in [0.15, 0.2) is 29.1 Å². The molecule has 0 amide bonds. The van der Waals surface area contributed by atoms with Crippen molar-refractivity contribution < 1.29 is 105 Å². The minimum Gasteiger partial charge on any atom is -0.543 e. The van der Waals surface area contributed by atoms with Crippen molar-refractivity contribution in [3.8, 4) is 69.0 Å². The van der Waals surface area contributed by atoms with Gasteiger partial charge in [-0.05, 0) is 115 Å². The minimum absolute atomic E-state index is 0. The molecule has 15 unspecified atom stereocenters. The van der Waals surface area contributed by atoms with Crippen LogP contribution in [0.5, 0.6) is 69.0 Å². The molecule has 5 N–H and O–H groups in total. The Morgan fingerprint density at radius 3 is 1.56 bits per heavy atom. The summed E-state index contributed by atoms with van der Waals surface area (Å²) in [5, 5.41) is 60.7. The van der Waals surface area contributed by atoms with E-state index in [0.717, 1.165) is 62.2 Å². The Labute approximate surface area is 552 Å². The summed E-state index contributed by atoms with van der Waals surface area (Å²) < 4.78 is 51.9. The molecule has 0 bridgehead atoms. The van der Waals surface area contributed by atoms with Gasteiger partial charge in [-0.1, -0.05) is 83.1 Å². The number of aryl methyl sites for hydroxylation is 6. The summed E-state index contributed by atoms with van der Waals surface area (Å²) >= 11 is 0.